The Hall–Kier alpha value is -1.86. The highest BCUT2D eigenvalue weighted by Crippen LogP contribution is 2.27. The molecule has 0 saturated heterocycles. The summed E-state index contributed by atoms with van der Waals surface area (Å²) in [5.74, 6) is -0.485. The fraction of sp³-hybridized carbons (Fsp3) is 0.0833. The SMILES string of the molecule is O=C(Cn1ccc(=O)[nH]c1=O)Oc1ccc(Br)cc1Cl. The van der Waals surface area contributed by atoms with Gasteiger partial charge in [-0.25, -0.2) is 9.59 Å². The number of nitrogens with one attached hydrogen (secondary N) is 1. The van der Waals surface area contributed by atoms with E-state index < -0.39 is 17.2 Å². The molecule has 0 aliphatic rings. The van der Waals surface area contributed by atoms with Gasteiger partial charge in [-0.15, -0.1) is 0 Å². The Morgan fingerprint density at radius 1 is 1.35 bits per heavy atom. The summed E-state index contributed by atoms with van der Waals surface area (Å²) in [6, 6.07) is 5.91. The summed E-state index contributed by atoms with van der Waals surface area (Å²) in [6.45, 7) is -0.331. The summed E-state index contributed by atoms with van der Waals surface area (Å²) in [6.07, 6.45) is 1.21. The molecule has 0 spiro atoms. The molecule has 1 aromatic carbocycles. The number of nitrogens with zero attached hydrogens (tertiary/aromatic N) is 1. The smallest absolute Gasteiger partial charge is 0.331 e. The number of hydrogen-bond acceptors (Lipinski definition) is 4. The molecule has 0 aliphatic heterocycles. The van der Waals surface area contributed by atoms with Crippen LogP contribution >= 0.6 is 27.5 Å². The van der Waals surface area contributed by atoms with E-state index in [1.54, 1.807) is 12.1 Å². The van der Waals surface area contributed by atoms with Gasteiger partial charge in [-0.1, -0.05) is 27.5 Å². The Morgan fingerprint density at radius 3 is 2.75 bits per heavy atom. The first-order chi connectivity index (χ1) is 9.45. The Morgan fingerprint density at radius 2 is 2.10 bits per heavy atom. The Labute approximate surface area is 126 Å². The van der Waals surface area contributed by atoms with Gasteiger partial charge in [0, 0.05) is 16.7 Å². The zero-order valence-corrected chi connectivity index (χ0v) is 12.3. The van der Waals surface area contributed by atoms with Crippen LogP contribution < -0.4 is 16.0 Å². The van der Waals surface area contributed by atoms with Crippen LogP contribution in [0.5, 0.6) is 5.75 Å². The molecule has 2 rings (SSSR count). The molecule has 6 nitrogen and oxygen atoms in total. The van der Waals surface area contributed by atoms with Gasteiger partial charge in [0.15, 0.2) is 0 Å². The second-order valence-electron chi connectivity index (χ2n) is 3.79. The van der Waals surface area contributed by atoms with Crippen LogP contribution in [-0.4, -0.2) is 15.5 Å². The van der Waals surface area contributed by atoms with E-state index in [1.807, 2.05) is 4.98 Å². The number of ether oxygens (including phenoxy) is 1. The quantitative estimate of drug-likeness (QED) is 0.666. The van der Waals surface area contributed by atoms with Gasteiger partial charge in [0.2, 0.25) is 0 Å². The van der Waals surface area contributed by atoms with Crippen LogP contribution in [-0.2, 0) is 11.3 Å². The Balaban J connectivity index is 2.13. The number of carbonyl (C=O) groups is 1. The summed E-state index contributed by atoms with van der Waals surface area (Å²) in [5, 5.41) is 0.265. The molecule has 0 aliphatic carbocycles. The minimum absolute atomic E-state index is 0.192. The molecule has 0 bridgehead atoms. The second kappa shape index (κ2) is 6.06. The van der Waals surface area contributed by atoms with Crippen LogP contribution in [0.1, 0.15) is 0 Å². The summed E-state index contributed by atoms with van der Waals surface area (Å²) >= 11 is 9.13. The molecule has 0 fully saturated rings. The first-order valence-electron chi connectivity index (χ1n) is 5.41. The lowest BCUT2D eigenvalue weighted by Crippen LogP contribution is -2.32. The predicted octanol–water partition coefficient (Wildman–Crippen LogP) is 1.56. The van der Waals surface area contributed by atoms with E-state index in [0.717, 1.165) is 15.1 Å². The Kier molecular flexibility index (Phi) is 4.41. The van der Waals surface area contributed by atoms with Crippen molar-refractivity contribution < 1.29 is 9.53 Å². The van der Waals surface area contributed by atoms with Crippen molar-refractivity contribution in [3.8, 4) is 5.75 Å². The highest BCUT2D eigenvalue weighted by molar-refractivity contribution is 9.10. The van der Waals surface area contributed by atoms with E-state index in [-0.39, 0.29) is 17.3 Å². The number of benzene rings is 1. The largest absolute Gasteiger partial charge is 0.424 e. The molecule has 20 heavy (non-hydrogen) atoms. The van der Waals surface area contributed by atoms with Crippen molar-refractivity contribution in [3.05, 3.63) is 60.8 Å². The van der Waals surface area contributed by atoms with Gasteiger partial charge in [0.25, 0.3) is 5.56 Å². The van der Waals surface area contributed by atoms with Crippen molar-refractivity contribution in [2.75, 3.05) is 0 Å². The van der Waals surface area contributed by atoms with Crippen molar-refractivity contribution in [2.45, 2.75) is 6.54 Å². The molecule has 0 atom stereocenters. The van der Waals surface area contributed by atoms with Gasteiger partial charge in [0.05, 0.1) is 5.02 Å². The van der Waals surface area contributed by atoms with Gasteiger partial charge >= 0.3 is 11.7 Å². The number of H-pyrrole nitrogens is 1. The van der Waals surface area contributed by atoms with Crippen LogP contribution in [0.3, 0.4) is 0 Å². The molecule has 2 aromatic rings. The normalized spacial score (nSPS) is 10.3. The van der Waals surface area contributed by atoms with E-state index in [2.05, 4.69) is 15.9 Å². The van der Waals surface area contributed by atoms with Crippen molar-refractivity contribution in [1.29, 1.82) is 0 Å². The first-order valence-corrected chi connectivity index (χ1v) is 6.58. The average molecular weight is 360 g/mol. The molecule has 1 N–H and O–H groups in total. The molecule has 104 valence electrons. The van der Waals surface area contributed by atoms with Gasteiger partial charge in [-0.3, -0.25) is 14.3 Å². The maximum Gasteiger partial charge on any atom is 0.331 e. The fourth-order valence-electron chi connectivity index (χ4n) is 1.42. The molecular formula is C12H8BrClN2O4. The third kappa shape index (κ3) is 3.58. The number of carbonyl (C=O) groups excluding carboxylic acids is 1. The van der Waals surface area contributed by atoms with E-state index in [0.29, 0.717) is 0 Å². The molecule has 8 heteroatoms. The van der Waals surface area contributed by atoms with Crippen molar-refractivity contribution in [1.82, 2.24) is 9.55 Å². The first kappa shape index (κ1) is 14.5. The van der Waals surface area contributed by atoms with Crippen molar-refractivity contribution >= 4 is 33.5 Å². The standard InChI is InChI=1S/C12H8BrClN2O4/c13-7-1-2-9(8(14)5-7)20-11(18)6-16-4-3-10(17)15-12(16)19/h1-5H,6H2,(H,15,17,19). The minimum Gasteiger partial charge on any atom is -0.424 e. The van der Waals surface area contributed by atoms with E-state index in [1.165, 1.54) is 12.3 Å². The van der Waals surface area contributed by atoms with Crippen LogP contribution in [0, 0.1) is 0 Å². The average Bonchev–Trinajstić information content (AvgIpc) is 2.36. The molecule has 0 saturated carbocycles. The van der Waals surface area contributed by atoms with Crippen molar-refractivity contribution in [2.24, 2.45) is 0 Å². The van der Waals surface area contributed by atoms with Crippen LogP contribution in [0.2, 0.25) is 5.02 Å². The molecule has 0 radical (unpaired) electrons. The van der Waals surface area contributed by atoms with Gasteiger partial charge in [-0.05, 0) is 18.2 Å². The lowest BCUT2D eigenvalue weighted by Gasteiger charge is -2.07. The molecule has 0 unspecified atom stereocenters. The monoisotopic (exact) mass is 358 g/mol. The van der Waals surface area contributed by atoms with Crippen LogP contribution in [0.15, 0.2) is 44.5 Å². The molecule has 0 amide bonds. The highest BCUT2D eigenvalue weighted by Gasteiger charge is 2.10. The van der Waals surface area contributed by atoms with Crippen LogP contribution in [0.25, 0.3) is 0 Å². The third-order valence-corrected chi connectivity index (χ3v) is 3.10. The lowest BCUT2D eigenvalue weighted by molar-refractivity contribution is -0.135. The number of aromatic amines is 1. The third-order valence-electron chi connectivity index (χ3n) is 2.31. The predicted molar refractivity (Wildman–Crippen MR) is 76.1 cm³/mol. The number of hydrogen-bond donors (Lipinski definition) is 1. The maximum atomic E-state index is 11.7. The summed E-state index contributed by atoms with van der Waals surface area (Å²) in [4.78, 5) is 36.0. The number of esters is 1. The number of rotatable bonds is 3. The van der Waals surface area contributed by atoms with Gasteiger partial charge in [-0.2, -0.15) is 0 Å². The van der Waals surface area contributed by atoms with Crippen LogP contribution in [0.4, 0.5) is 0 Å². The van der Waals surface area contributed by atoms with E-state index in [9.17, 15) is 14.4 Å². The summed E-state index contributed by atoms with van der Waals surface area (Å²) in [5.41, 5.74) is -1.22. The number of aromatic nitrogens is 2. The highest BCUT2D eigenvalue weighted by atomic mass is 79.9. The fourth-order valence-corrected chi connectivity index (χ4v) is 2.13. The van der Waals surface area contributed by atoms with Gasteiger partial charge < -0.3 is 4.74 Å². The maximum absolute atomic E-state index is 11.7. The second-order valence-corrected chi connectivity index (χ2v) is 5.11. The topological polar surface area (TPSA) is 81.2 Å². The number of halogens is 2. The zero-order chi connectivity index (χ0) is 14.7. The zero-order valence-electron chi connectivity index (χ0n) is 9.93. The van der Waals surface area contributed by atoms with Crippen molar-refractivity contribution in [3.63, 3.8) is 0 Å². The summed E-state index contributed by atoms with van der Waals surface area (Å²) in [7, 11) is 0. The van der Waals surface area contributed by atoms with E-state index >= 15 is 0 Å². The minimum atomic E-state index is -0.684. The Bertz CT molecular complexity index is 769. The van der Waals surface area contributed by atoms with E-state index in [4.69, 9.17) is 16.3 Å². The molecule has 1 aromatic heterocycles. The lowest BCUT2D eigenvalue weighted by atomic mass is 10.3. The molecule has 1 heterocycles. The summed E-state index contributed by atoms with van der Waals surface area (Å²) < 4.78 is 6.82. The van der Waals surface area contributed by atoms with Gasteiger partial charge in [0.1, 0.15) is 12.3 Å². The molecular weight excluding hydrogens is 351 g/mol.